The number of carbonyl (C=O) groups is 1. The Morgan fingerprint density at radius 2 is 1.81 bits per heavy atom. The van der Waals surface area contributed by atoms with Gasteiger partial charge in [-0.3, -0.25) is 4.79 Å². The first kappa shape index (κ1) is 24.6. The molecule has 1 fully saturated rings. The van der Waals surface area contributed by atoms with E-state index in [1.54, 1.807) is 6.07 Å². The molecule has 2 aromatic rings. The lowest BCUT2D eigenvalue weighted by Gasteiger charge is -2.37. The molecular formula is C23H33ClN6OS. The third-order valence-corrected chi connectivity index (χ3v) is 6.55. The Morgan fingerprint density at radius 3 is 2.56 bits per heavy atom. The summed E-state index contributed by atoms with van der Waals surface area (Å²) in [7, 11) is 0. The molecule has 3 N–H and O–H groups in total. The highest BCUT2D eigenvalue weighted by molar-refractivity contribution is 7.99. The summed E-state index contributed by atoms with van der Waals surface area (Å²) in [6, 6.07) is 10.3. The zero-order chi connectivity index (χ0) is 22.8. The Labute approximate surface area is 200 Å². The number of aryl methyl sites for hydroxylation is 1. The lowest BCUT2D eigenvalue weighted by atomic mass is 10.1. The lowest BCUT2D eigenvalue weighted by molar-refractivity contribution is -0.118. The largest absolute Gasteiger partial charge is 0.368 e. The monoisotopic (exact) mass is 476 g/mol. The number of benzene rings is 1. The van der Waals surface area contributed by atoms with Crippen LogP contribution in [0.4, 0.5) is 11.5 Å². The number of nitrogens with two attached hydrogens (primary N) is 1. The van der Waals surface area contributed by atoms with Crippen LogP contribution in [0.25, 0.3) is 0 Å². The van der Waals surface area contributed by atoms with Gasteiger partial charge in [0.25, 0.3) is 0 Å². The van der Waals surface area contributed by atoms with Gasteiger partial charge in [-0.1, -0.05) is 54.4 Å². The fourth-order valence-corrected chi connectivity index (χ4v) is 4.65. The average molecular weight is 477 g/mol. The number of carbonyl (C=O) groups excluding carboxylic acids is 1. The number of nitrogens with one attached hydrogen (secondary N) is 1. The molecule has 0 saturated carbocycles. The van der Waals surface area contributed by atoms with Crippen LogP contribution in [0.15, 0.2) is 35.5 Å². The first-order chi connectivity index (χ1) is 15.6. The Balaban J connectivity index is 1.47. The van der Waals surface area contributed by atoms with Gasteiger partial charge >= 0.3 is 0 Å². The van der Waals surface area contributed by atoms with Crippen LogP contribution < -0.4 is 20.9 Å². The van der Waals surface area contributed by atoms with Gasteiger partial charge < -0.3 is 20.9 Å². The van der Waals surface area contributed by atoms with Crippen LogP contribution in [-0.2, 0) is 4.79 Å². The quantitative estimate of drug-likeness (QED) is 0.222. The molecule has 1 aliphatic rings. The van der Waals surface area contributed by atoms with Crippen molar-refractivity contribution in [1.29, 1.82) is 0 Å². The van der Waals surface area contributed by atoms with Crippen molar-refractivity contribution in [2.75, 3.05) is 54.8 Å². The average Bonchev–Trinajstić information content (AvgIpc) is 2.80. The van der Waals surface area contributed by atoms with Crippen molar-refractivity contribution in [3.05, 3.63) is 41.0 Å². The molecule has 0 bridgehead atoms. The number of hydrogen-bond acceptors (Lipinski definition) is 7. The van der Waals surface area contributed by atoms with Gasteiger partial charge in [-0.15, -0.1) is 0 Å². The van der Waals surface area contributed by atoms with Crippen LogP contribution in [0.3, 0.4) is 0 Å². The molecule has 1 amide bonds. The number of rotatable bonds is 11. The fourth-order valence-electron chi connectivity index (χ4n) is 3.74. The number of amides is 1. The summed E-state index contributed by atoms with van der Waals surface area (Å²) in [5.74, 6) is 1.09. The van der Waals surface area contributed by atoms with E-state index in [1.165, 1.54) is 23.0 Å². The second-order valence-electron chi connectivity index (χ2n) is 7.93. The molecule has 32 heavy (non-hydrogen) atoms. The van der Waals surface area contributed by atoms with Crippen LogP contribution >= 0.6 is 23.4 Å². The highest BCUT2D eigenvalue weighted by atomic mass is 35.5. The Kier molecular flexibility index (Phi) is 9.89. The molecule has 1 aromatic heterocycles. The Bertz CT molecular complexity index is 875. The van der Waals surface area contributed by atoms with E-state index in [0.717, 1.165) is 64.2 Å². The van der Waals surface area contributed by atoms with E-state index in [2.05, 4.69) is 56.3 Å². The molecule has 0 aliphatic carbocycles. The molecule has 0 spiro atoms. The summed E-state index contributed by atoms with van der Waals surface area (Å²) in [4.78, 5) is 25.7. The number of halogens is 1. The number of anilines is 2. The second-order valence-corrected chi connectivity index (χ2v) is 9.26. The summed E-state index contributed by atoms with van der Waals surface area (Å²) < 4.78 is 0. The van der Waals surface area contributed by atoms with Gasteiger partial charge in [0, 0.05) is 44.5 Å². The number of thioether (sulfide) groups is 1. The minimum Gasteiger partial charge on any atom is -0.368 e. The van der Waals surface area contributed by atoms with Crippen LogP contribution in [0, 0.1) is 6.92 Å². The molecule has 3 rings (SSSR count). The minimum absolute atomic E-state index is 0.00852. The van der Waals surface area contributed by atoms with Crippen LogP contribution in [0.5, 0.6) is 0 Å². The SMILES string of the molecule is Cc1ccccc1N1CCN(c2cc(Cl)nc(SCC(=O)NCCCCCCN)n2)CC1. The highest BCUT2D eigenvalue weighted by Gasteiger charge is 2.20. The number of piperazine rings is 1. The number of hydrogen-bond donors (Lipinski definition) is 2. The normalized spacial score (nSPS) is 14.0. The maximum absolute atomic E-state index is 12.1. The van der Waals surface area contributed by atoms with Gasteiger partial charge in [-0.25, -0.2) is 9.97 Å². The van der Waals surface area contributed by atoms with Crippen molar-refractivity contribution in [3.63, 3.8) is 0 Å². The maximum atomic E-state index is 12.1. The second kappa shape index (κ2) is 12.9. The van der Waals surface area contributed by atoms with Crippen molar-refractivity contribution >= 4 is 40.8 Å². The van der Waals surface area contributed by atoms with Gasteiger partial charge in [0.2, 0.25) is 5.91 Å². The number of para-hydroxylation sites is 1. The van der Waals surface area contributed by atoms with Gasteiger partial charge in [0.1, 0.15) is 11.0 Å². The molecule has 1 aromatic carbocycles. The molecule has 0 radical (unpaired) electrons. The van der Waals surface area contributed by atoms with E-state index in [9.17, 15) is 4.79 Å². The highest BCUT2D eigenvalue weighted by Crippen LogP contribution is 2.25. The lowest BCUT2D eigenvalue weighted by Crippen LogP contribution is -2.47. The van der Waals surface area contributed by atoms with E-state index in [-0.39, 0.29) is 11.7 Å². The number of unbranched alkanes of at least 4 members (excludes halogenated alkanes) is 3. The molecule has 0 unspecified atom stereocenters. The number of nitrogens with zero attached hydrogens (tertiary/aromatic N) is 4. The van der Waals surface area contributed by atoms with Gasteiger partial charge in [-0.2, -0.15) is 0 Å². The third kappa shape index (κ3) is 7.53. The third-order valence-electron chi connectivity index (χ3n) is 5.51. The summed E-state index contributed by atoms with van der Waals surface area (Å²) in [6.07, 6.45) is 4.21. The molecule has 0 atom stereocenters. The molecule has 9 heteroatoms. The molecule has 1 saturated heterocycles. The Hall–Kier alpha value is -2.03. The molecule has 174 valence electrons. The van der Waals surface area contributed by atoms with Crippen molar-refractivity contribution < 1.29 is 4.79 Å². The zero-order valence-corrected chi connectivity index (χ0v) is 20.3. The van der Waals surface area contributed by atoms with Crippen LogP contribution in [0.2, 0.25) is 5.15 Å². The van der Waals surface area contributed by atoms with E-state index in [1.807, 2.05) is 0 Å². The predicted molar refractivity (Wildman–Crippen MR) is 134 cm³/mol. The standard InChI is InChI=1S/C23H33ClN6OS/c1-18-8-4-5-9-19(18)29-12-14-30(15-13-29)21-16-20(24)27-23(28-21)32-17-22(31)26-11-7-3-2-6-10-25/h4-5,8-9,16H,2-3,6-7,10-15,17,25H2,1H3,(H,26,31). The molecular weight excluding hydrogens is 444 g/mol. The summed E-state index contributed by atoms with van der Waals surface area (Å²) in [5, 5.41) is 3.89. The first-order valence-electron chi connectivity index (χ1n) is 11.3. The minimum atomic E-state index is -0.00852. The van der Waals surface area contributed by atoms with Gasteiger partial charge in [0.15, 0.2) is 5.16 Å². The fraction of sp³-hybridized carbons (Fsp3) is 0.522. The zero-order valence-electron chi connectivity index (χ0n) is 18.7. The maximum Gasteiger partial charge on any atom is 0.230 e. The first-order valence-corrected chi connectivity index (χ1v) is 12.6. The van der Waals surface area contributed by atoms with E-state index in [4.69, 9.17) is 17.3 Å². The summed E-state index contributed by atoms with van der Waals surface area (Å²) >= 11 is 7.58. The van der Waals surface area contributed by atoms with Crippen molar-refractivity contribution in [1.82, 2.24) is 15.3 Å². The van der Waals surface area contributed by atoms with Gasteiger partial charge in [-0.05, 0) is 37.9 Å². The molecule has 2 heterocycles. The van der Waals surface area contributed by atoms with Crippen molar-refractivity contribution in [3.8, 4) is 0 Å². The topological polar surface area (TPSA) is 87.4 Å². The van der Waals surface area contributed by atoms with Crippen molar-refractivity contribution in [2.24, 2.45) is 5.73 Å². The smallest absolute Gasteiger partial charge is 0.230 e. The van der Waals surface area contributed by atoms with Crippen molar-refractivity contribution in [2.45, 2.75) is 37.8 Å². The summed E-state index contributed by atoms with van der Waals surface area (Å²) in [6.45, 7) is 7.12. The predicted octanol–water partition coefficient (Wildman–Crippen LogP) is 3.49. The molecule has 7 nitrogen and oxygen atoms in total. The van der Waals surface area contributed by atoms with E-state index < -0.39 is 0 Å². The van der Waals surface area contributed by atoms with E-state index >= 15 is 0 Å². The number of aromatic nitrogens is 2. The van der Waals surface area contributed by atoms with Crippen LogP contribution in [-0.4, -0.2) is 60.9 Å². The summed E-state index contributed by atoms with van der Waals surface area (Å²) in [5.41, 5.74) is 8.07. The molecule has 1 aliphatic heterocycles. The van der Waals surface area contributed by atoms with E-state index in [0.29, 0.717) is 16.9 Å². The van der Waals surface area contributed by atoms with Crippen LogP contribution in [0.1, 0.15) is 31.2 Å². The Morgan fingerprint density at radius 1 is 1.09 bits per heavy atom. The van der Waals surface area contributed by atoms with Gasteiger partial charge in [0.05, 0.1) is 5.75 Å².